The number of methoxy groups -OCH3 is 1. The van der Waals surface area contributed by atoms with Crippen LogP contribution >= 0.6 is 0 Å². The lowest BCUT2D eigenvalue weighted by Crippen LogP contribution is -2.39. The van der Waals surface area contributed by atoms with Crippen LogP contribution in [-0.4, -0.2) is 60.3 Å². The molecule has 2 N–H and O–H groups in total. The van der Waals surface area contributed by atoms with Crippen LogP contribution in [0.1, 0.15) is 24.0 Å². The SMILES string of the molecule is COc1c(O)ccc2c(=O)c(O)c(-c3ccc(CN(C)CCN4CCC(Cc5ccccc5)CC4)cc3)oc12. The number of hydrogen-bond donors (Lipinski definition) is 2. The predicted octanol–water partition coefficient (Wildman–Crippen LogP) is 5.27. The van der Waals surface area contributed by atoms with Crippen molar-refractivity contribution in [1.82, 2.24) is 9.80 Å². The number of nitrogens with zero attached hydrogens (tertiary/aromatic N) is 2. The van der Waals surface area contributed by atoms with E-state index >= 15 is 0 Å². The van der Waals surface area contributed by atoms with Crippen LogP contribution in [-0.2, 0) is 13.0 Å². The van der Waals surface area contributed by atoms with E-state index in [4.69, 9.17) is 9.15 Å². The third-order valence-electron chi connectivity index (χ3n) is 7.72. The van der Waals surface area contributed by atoms with Crippen LogP contribution in [0.3, 0.4) is 0 Å². The minimum Gasteiger partial charge on any atom is -0.504 e. The first kappa shape index (κ1) is 26.8. The van der Waals surface area contributed by atoms with Crippen LogP contribution in [0.4, 0.5) is 0 Å². The molecule has 0 radical (unpaired) electrons. The van der Waals surface area contributed by atoms with Crippen LogP contribution in [0.25, 0.3) is 22.3 Å². The van der Waals surface area contributed by atoms with Crippen molar-refractivity contribution in [2.24, 2.45) is 5.92 Å². The summed E-state index contributed by atoms with van der Waals surface area (Å²) in [6, 6.07) is 21.2. The molecule has 0 aliphatic carbocycles. The maximum absolute atomic E-state index is 12.8. The molecule has 1 aliphatic heterocycles. The van der Waals surface area contributed by atoms with Crippen LogP contribution in [0.2, 0.25) is 0 Å². The van der Waals surface area contributed by atoms with Crippen LogP contribution in [0.5, 0.6) is 17.2 Å². The first-order valence-electron chi connectivity index (χ1n) is 13.5. The van der Waals surface area contributed by atoms with Gasteiger partial charge >= 0.3 is 0 Å². The molecule has 1 aromatic heterocycles. The van der Waals surface area contributed by atoms with Crippen molar-refractivity contribution >= 4 is 11.0 Å². The van der Waals surface area contributed by atoms with Gasteiger partial charge in [-0.15, -0.1) is 0 Å². The Morgan fingerprint density at radius 3 is 2.38 bits per heavy atom. The number of fused-ring (bicyclic) bond motifs is 1. The van der Waals surface area contributed by atoms with Gasteiger partial charge in [0.15, 0.2) is 17.1 Å². The zero-order valence-corrected chi connectivity index (χ0v) is 22.6. The Labute approximate surface area is 228 Å². The Balaban J connectivity index is 1.17. The highest BCUT2D eigenvalue weighted by Crippen LogP contribution is 2.38. The number of benzene rings is 3. The summed E-state index contributed by atoms with van der Waals surface area (Å²) in [6.07, 6.45) is 3.69. The number of likely N-dealkylation sites (tertiary alicyclic amines) is 1. The van der Waals surface area contributed by atoms with E-state index in [9.17, 15) is 15.0 Å². The number of aromatic hydroxyl groups is 2. The van der Waals surface area contributed by atoms with E-state index in [1.165, 1.54) is 44.1 Å². The molecule has 7 nitrogen and oxygen atoms in total. The normalized spacial score (nSPS) is 14.7. The van der Waals surface area contributed by atoms with Crippen molar-refractivity contribution in [1.29, 1.82) is 0 Å². The molecule has 1 aliphatic rings. The first-order valence-corrected chi connectivity index (χ1v) is 13.5. The molecule has 4 aromatic rings. The van der Waals surface area contributed by atoms with Gasteiger partial charge in [-0.25, -0.2) is 0 Å². The molecule has 0 saturated carbocycles. The molecule has 0 amide bonds. The topological polar surface area (TPSA) is 86.4 Å². The lowest BCUT2D eigenvalue weighted by molar-refractivity contribution is 0.162. The van der Waals surface area contributed by atoms with Gasteiger partial charge in [-0.05, 0) is 68.6 Å². The highest BCUT2D eigenvalue weighted by atomic mass is 16.5. The van der Waals surface area contributed by atoms with E-state index in [1.807, 2.05) is 24.3 Å². The van der Waals surface area contributed by atoms with Gasteiger partial charge in [0.05, 0.1) is 12.5 Å². The van der Waals surface area contributed by atoms with E-state index in [-0.39, 0.29) is 28.2 Å². The fourth-order valence-electron chi connectivity index (χ4n) is 5.43. The monoisotopic (exact) mass is 528 g/mol. The third-order valence-corrected chi connectivity index (χ3v) is 7.72. The molecule has 39 heavy (non-hydrogen) atoms. The average Bonchev–Trinajstić information content (AvgIpc) is 2.95. The summed E-state index contributed by atoms with van der Waals surface area (Å²) in [5, 5.41) is 20.8. The number of phenolic OH excluding ortho intramolecular Hbond substituents is 1. The molecule has 1 fully saturated rings. The second-order valence-electron chi connectivity index (χ2n) is 10.5. The van der Waals surface area contributed by atoms with Gasteiger partial charge in [0, 0.05) is 25.2 Å². The molecular weight excluding hydrogens is 492 g/mol. The van der Waals surface area contributed by atoms with Gasteiger partial charge in [0.2, 0.25) is 16.9 Å². The molecule has 7 heteroatoms. The van der Waals surface area contributed by atoms with E-state index in [0.717, 1.165) is 44.2 Å². The van der Waals surface area contributed by atoms with Gasteiger partial charge in [-0.2, -0.15) is 0 Å². The van der Waals surface area contributed by atoms with Gasteiger partial charge in [0.1, 0.15) is 0 Å². The Kier molecular flexibility index (Phi) is 8.19. The quantitative estimate of drug-likeness (QED) is 0.306. The third kappa shape index (κ3) is 6.10. The predicted molar refractivity (Wildman–Crippen MR) is 153 cm³/mol. The van der Waals surface area contributed by atoms with Crippen molar-refractivity contribution in [3.63, 3.8) is 0 Å². The van der Waals surface area contributed by atoms with Crippen molar-refractivity contribution < 1.29 is 19.4 Å². The number of likely N-dealkylation sites (N-methyl/N-ethyl adjacent to an activating group) is 1. The molecule has 0 bridgehead atoms. The number of rotatable bonds is 9. The molecule has 3 aromatic carbocycles. The molecule has 0 atom stereocenters. The van der Waals surface area contributed by atoms with Crippen molar-refractivity contribution in [3.8, 4) is 28.6 Å². The van der Waals surface area contributed by atoms with Crippen molar-refractivity contribution in [3.05, 3.63) is 88.1 Å². The lowest BCUT2D eigenvalue weighted by Gasteiger charge is -2.33. The Morgan fingerprint density at radius 1 is 0.974 bits per heavy atom. The van der Waals surface area contributed by atoms with E-state index in [2.05, 4.69) is 47.2 Å². The summed E-state index contributed by atoms with van der Waals surface area (Å²) in [7, 11) is 3.52. The maximum atomic E-state index is 12.8. The molecule has 1 saturated heterocycles. The second kappa shape index (κ2) is 11.9. The van der Waals surface area contributed by atoms with E-state index in [1.54, 1.807) is 0 Å². The summed E-state index contributed by atoms with van der Waals surface area (Å²) < 4.78 is 11.1. The number of hydrogen-bond acceptors (Lipinski definition) is 7. The second-order valence-corrected chi connectivity index (χ2v) is 10.5. The number of piperidine rings is 1. The van der Waals surface area contributed by atoms with Crippen molar-refractivity contribution in [2.45, 2.75) is 25.8 Å². The van der Waals surface area contributed by atoms with Gasteiger partial charge < -0.3 is 29.2 Å². The smallest absolute Gasteiger partial charge is 0.235 e. The molecule has 5 rings (SSSR count). The number of ether oxygens (including phenoxy) is 1. The standard InChI is InChI=1S/C32H36N2O5/c1-33(18-19-34-16-14-23(15-17-34)20-22-6-4-3-5-7-22)21-24-8-10-25(11-9-24)30-29(37)28(36)26-12-13-27(35)32(38-2)31(26)39-30/h3-13,23,35,37H,14-21H2,1-2H3. The number of phenols is 1. The summed E-state index contributed by atoms with van der Waals surface area (Å²) in [4.78, 5) is 17.6. The molecule has 0 unspecified atom stereocenters. The Hall–Kier alpha value is -3.81. The van der Waals surface area contributed by atoms with Gasteiger partial charge in [-0.1, -0.05) is 54.6 Å². The minimum atomic E-state index is -0.572. The maximum Gasteiger partial charge on any atom is 0.235 e. The molecule has 0 spiro atoms. The van der Waals surface area contributed by atoms with Gasteiger partial charge in [-0.3, -0.25) is 4.79 Å². The van der Waals surface area contributed by atoms with E-state index in [0.29, 0.717) is 5.56 Å². The highest BCUT2D eigenvalue weighted by molar-refractivity contribution is 5.88. The van der Waals surface area contributed by atoms with Gasteiger partial charge in [0.25, 0.3) is 0 Å². The first-order chi connectivity index (χ1) is 18.9. The summed E-state index contributed by atoms with van der Waals surface area (Å²) in [6.45, 7) is 5.14. The van der Waals surface area contributed by atoms with E-state index < -0.39 is 11.2 Å². The zero-order valence-electron chi connectivity index (χ0n) is 22.6. The summed E-state index contributed by atoms with van der Waals surface area (Å²) in [5.74, 6) is 0.280. The minimum absolute atomic E-state index is 0.0481. The fourth-order valence-corrected chi connectivity index (χ4v) is 5.43. The molecular formula is C32H36N2O5. The largest absolute Gasteiger partial charge is 0.504 e. The summed E-state index contributed by atoms with van der Waals surface area (Å²) in [5.41, 5.74) is 2.67. The average molecular weight is 529 g/mol. The van der Waals surface area contributed by atoms with Crippen molar-refractivity contribution in [2.75, 3.05) is 40.3 Å². The summed E-state index contributed by atoms with van der Waals surface area (Å²) >= 11 is 0. The van der Waals surface area contributed by atoms with Crippen LogP contribution in [0, 0.1) is 5.92 Å². The zero-order chi connectivity index (χ0) is 27.4. The Morgan fingerprint density at radius 2 is 1.69 bits per heavy atom. The molecule has 204 valence electrons. The Bertz CT molecular complexity index is 1460. The van der Waals surface area contributed by atoms with Crippen LogP contribution < -0.4 is 10.2 Å². The lowest BCUT2D eigenvalue weighted by atomic mass is 9.90. The fraction of sp³-hybridized carbons (Fsp3) is 0.344. The van der Waals surface area contributed by atoms with Crippen LogP contribution in [0.15, 0.2) is 75.9 Å². The molecule has 2 heterocycles. The highest BCUT2D eigenvalue weighted by Gasteiger charge is 2.21.